The van der Waals surface area contributed by atoms with Gasteiger partial charge in [0, 0.05) is 34.0 Å². The highest BCUT2D eigenvalue weighted by Crippen LogP contribution is 2.32. The molecule has 29 heavy (non-hydrogen) atoms. The van der Waals surface area contributed by atoms with Crippen LogP contribution in [-0.2, 0) is 13.0 Å². The van der Waals surface area contributed by atoms with Gasteiger partial charge in [-0.05, 0) is 18.2 Å². The summed E-state index contributed by atoms with van der Waals surface area (Å²) in [4.78, 5) is 17.8. The molecule has 0 aliphatic heterocycles. The number of aryl methyl sites for hydroxylation is 2. The van der Waals surface area contributed by atoms with E-state index in [9.17, 15) is 9.18 Å². The maximum atomic E-state index is 14.3. The molecule has 3 aromatic heterocycles. The Balaban J connectivity index is 1.50. The van der Waals surface area contributed by atoms with Crippen LogP contribution in [-0.4, -0.2) is 14.8 Å². The molecule has 0 fully saturated rings. The Morgan fingerprint density at radius 2 is 1.79 bits per heavy atom. The normalized spacial score (nSPS) is 11.3. The first-order valence-electron chi connectivity index (χ1n) is 9.27. The van der Waals surface area contributed by atoms with Crippen molar-refractivity contribution in [1.82, 2.24) is 14.8 Å². The maximum absolute atomic E-state index is 14.3. The zero-order valence-corrected chi connectivity index (χ0v) is 16.2. The second-order valence-corrected chi connectivity index (χ2v) is 7.70. The Hall–Kier alpha value is -3.38. The Labute approximate surface area is 169 Å². The molecule has 0 atom stereocenters. The minimum absolute atomic E-state index is 0.206. The monoisotopic (exact) mass is 401 g/mol. The number of aromatic nitrogens is 3. The lowest BCUT2D eigenvalue weighted by molar-refractivity contribution is 0.580. The first-order valence-corrected chi connectivity index (χ1v) is 10.2. The van der Waals surface area contributed by atoms with Gasteiger partial charge < -0.3 is 0 Å². The van der Waals surface area contributed by atoms with Crippen LogP contribution in [0.15, 0.2) is 77.0 Å². The summed E-state index contributed by atoms with van der Waals surface area (Å²) >= 11 is 1.40. The zero-order valence-electron chi connectivity index (χ0n) is 15.4. The lowest BCUT2D eigenvalue weighted by atomic mass is 10.1. The summed E-state index contributed by atoms with van der Waals surface area (Å²) in [5.74, 6) is -0.338. The summed E-state index contributed by atoms with van der Waals surface area (Å²) in [7, 11) is 0. The van der Waals surface area contributed by atoms with Crippen molar-refractivity contribution in [2.45, 2.75) is 13.0 Å². The van der Waals surface area contributed by atoms with E-state index in [4.69, 9.17) is 0 Å². The van der Waals surface area contributed by atoms with Crippen molar-refractivity contribution in [3.8, 4) is 11.1 Å². The summed E-state index contributed by atoms with van der Waals surface area (Å²) < 4.78 is 16.5. The van der Waals surface area contributed by atoms with Crippen LogP contribution in [0, 0.1) is 5.82 Å². The Bertz CT molecular complexity index is 1410. The minimum Gasteiger partial charge on any atom is -0.267 e. The van der Waals surface area contributed by atoms with Gasteiger partial charge in [0.15, 0.2) is 0 Å². The van der Waals surface area contributed by atoms with Gasteiger partial charge in [-0.1, -0.05) is 42.5 Å². The lowest BCUT2D eigenvalue weighted by Crippen LogP contribution is -2.23. The fraction of sp³-hybridized carbons (Fsp3) is 0.0870. The van der Waals surface area contributed by atoms with E-state index in [2.05, 4.69) is 10.1 Å². The van der Waals surface area contributed by atoms with E-state index in [-0.39, 0.29) is 11.4 Å². The molecule has 0 amide bonds. The molecule has 0 unspecified atom stereocenters. The van der Waals surface area contributed by atoms with Crippen LogP contribution < -0.4 is 5.56 Å². The van der Waals surface area contributed by atoms with Gasteiger partial charge in [0.2, 0.25) is 0 Å². The topological polar surface area (TPSA) is 47.8 Å². The molecule has 2 aromatic carbocycles. The number of nitrogens with zero attached hydrogens (tertiary/aromatic N) is 3. The molecule has 6 heteroatoms. The Morgan fingerprint density at radius 3 is 2.69 bits per heavy atom. The third-order valence-corrected chi connectivity index (χ3v) is 5.90. The van der Waals surface area contributed by atoms with Gasteiger partial charge in [-0.15, -0.1) is 11.3 Å². The highest BCUT2D eigenvalue weighted by atomic mass is 32.1. The smallest absolute Gasteiger partial charge is 0.267 e. The van der Waals surface area contributed by atoms with E-state index in [1.807, 2.05) is 41.8 Å². The summed E-state index contributed by atoms with van der Waals surface area (Å²) in [6.45, 7) is 0.409. The highest BCUT2D eigenvalue weighted by molar-refractivity contribution is 7.17. The molecule has 5 rings (SSSR count). The molecular formula is C23H16FN3OS. The number of pyridine rings is 1. The molecule has 4 nitrogen and oxygen atoms in total. The average molecular weight is 401 g/mol. The molecule has 0 saturated heterocycles. The van der Waals surface area contributed by atoms with E-state index in [1.54, 1.807) is 24.4 Å². The average Bonchev–Trinajstić information content (AvgIpc) is 3.18. The predicted octanol–water partition coefficient (Wildman–Crippen LogP) is 5.06. The van der Waals surface area contributed by atoms with Crippen molar-refractivity contribution in [3.63, 3.8) is 0 Å². The van der Waals surface area contributed by atoms with E-state index in [0.29, 0.717) is 29.5 Å². The number of hydrogen-bond acceptors (Lipinski definition) is 4. The van der Waals surface area contributed by atoms with Crippen LogP contribution in [0.1, 0.15) is 5.69 Å². The van der Waals surface area contributed by atoms with E-state index >= 15 is 0 Å². The van der Waals surface area contributed by atoms with Gasteiger partial charge in [0.05, 0.1) is 28.3 Å². The van der Waals surface area contributed by atoms with Crippen LogP contribution in [0.2, 0.25) is 0 Å². The fourth-order valence-corrected chi connectivity index (χ4v) is 4.41. The first kappa shape index (κ1) is 17.7. The quantitative estimate of drug-likeness (QED) is 0.423. The van der Waals surface area contributed by atoms with Crippen molar-refractivity contribution in [2.24, 2.45) is 0 Å². The van der Waals surface area contributed by atoms with Gasteiger partial charge in [0.1, 0.15) is 5.82 Å². The van der Waals surface area contributed by atoms with Crippen molar-refractivity contribution in [1.29, 1.82) is 0 Å². The Kier molecular flexibility index (Phi) is 4.41. The maximum Gasteiger partial charge on any atom is 0.276 e. The molecule has 0 saturated carbocycles. The number of halogens is 1. The summed E-state index contributed by atoms with van der Waals surface area (Å²) in [5.41, 5.74) is 2.68. The molecule has 142 valence electrons. The number of benzene rings is 2. The third-order valence-electron chi connectivity index (χ3n) is 4.98. The van der Waals surface area contributed by atoms with Gasteiger partial charge in [-0.2, -0.15) is 5.10 Å². The van der Waals surface area contributed by atoms with E-state index < -0.39 is 0 Å². The van der Waals surface area contributed by atoms with Gasteiger partial charge in [0.25, 0.3) is 5.56 Å². The molecule has 0 spiro atoms. The molecule has 0 aliphatic carbocycles. The second kappa shape index (κ2) is 7.22. The van der Waals surface area contributed by atoms with Crippen molar-refractivity contribution in [3.05, 3.63) is 94.1 Å². The SMILES string of the molecule is O=c1c2c(-c3ccccc3F)csc2cnn1CCc1ccc2ccccc2n1. The van der Waals surface area contributed by atoms with Crippen LogP contribution in [0.3, 0.4) is 0 Å². The number of rotatable bonds is 4. The standard InChI is InChI=1S/C23H16FN3OS/c24-19-7-3-2-6-17(19)18-14-29-21-13-25-27(23(28)22(18)21)12-11-16-10-9-15-5-1-4-8-20(15)26-16/h1-10,13-14H,11-12H2. The molecular weight excluding hydrogens is 385 g/mol. The summed E-state index contributed by atoms with van der Waals surface area (Å²) in [6, 6.07) is 18.5. The van der Waals surface area contributed by atoms with Crippen LogP contribution in [0.25, 0.3) is 32.1 Å². The van der Waals surface area contributed by atoms with Crippen LogP contribution >= 0.6 is 11.3 Å². The molecule has 0 N–H and O–H groups in total. The molecule has 3 heterocycles. The van der Waals surface area contributed by atoms with Crippen LogP contribution in [0.5, 0.6) is 0 Å². The Morgan fingerprint density at radius 1 is 0.966 bits per heavy atom. The molecule has 0 radical (unpaired) electrons. The largest absolute Gasteiger partial charge is 0.276 e. The van der Waals surface area contributed by atoms with E-state index in [0.717, 1.165) is 21.3 Å². The molecule has 5 aromatic rings. The summed E-state index contributed by atoms with van der Waals surface area (Å²) in [6.07, 6.45) is 2.27. The van der Waals surface area contributed by atoms with Gasteiger partial charge in [-0.25, -0.2) is 9.07 Å². The van der Waals surface area contributed by atoms with E-state index in [1.165, 1.54) is 22.1 Å². The predicted molar refractivity (Wildman–Crippen MR) is 115 cm³/mol. The number of hydrogen-bond donors (Lipinski definition) is 0. The summed E-state index contributed by atoms with van der Waals surface area (Å²) in [5, 5.41) is 7.73. The van der Waals surface area contributed by atoms with Crippen molar-refractivity contribution >= 4 is 32.3 Å². The molecule has 0 aliphatic rings. The second-order valence-electron chi connectivity index (χ2n) is 6.79. The first-order chi connectivity index (χ1) is 14.2. The van der Waals surface area contributed by atoms with Crippen LogP contribution in [0.4, 0.5) is 4.39 Å². The zero-order chi connectivity index (χ0) is 19.8. The number of fused-ring (bicyclic) bond motifs is 2. The number of thiophene rings is 1. The lowest BCUT2D eigenvalue weighted by Gasteiger charge is -2.07. The minimum atomic E-state index is -0.338. The highest BCUT2D eigenvalue weighted by Gasteiger charge is 2.15. The van der Waals surface area contributed by atoms with Crippen molar-refractivity contribution < 1.29 is 4.39 Å². The fourth-order valence-electron chi connectivity index (χ4n) is 3.50. The van der Waals surface area contributed by atoms with Crippen molar-refractivity contribution in [2.75, 3.05) is 0 Å². The number of para-hydroxylation sites is 1. The third kappa shape index (κ3) is 3.21. The molecule has 0 bridgehead atoms. The van der Waals surface area contributed by atoms with Gasteiger partial charge in [-0.3, -0.25) is 9.78 Å². The van der Waals surface area contributed by atoms with Gasteiger partial charge >= 0.3 is 0 Å².